The molecule has 35 heavy (non-hydrogen) atoms. The van der Waals surface area contributed by atoms with E-state index in [1.807, 2.05) is 13.8 Å². The van der Waals surface area contributed by atoms with Gasteiger partial charge < -0.3 is 20.7 Å². The summed E-state index contributed by atoms with van der Waals surface area (Å²) in [5.74, 6) is 1.89. The van der Waals surface area contributed by atoms with Crippen LogP contribution in [-0.2, 0) is 0 Å². The van der Waals surface area contributed by atoms with Gasteiger partial charge in [-0.2, -0.15) is 15.0 Å². The van der Waals surface area contributed by atoms with Crippen molar-refractivity contribution in [2.24, 2.45) is 5.92 Å². The molecule has 1 unspecified atom stereocenters. The molecule has 0 bridgehead atoms. The van der Waals surface area contributed by atoms with Crippen molar-refractivity contribution in [1.82, 2.24) is 19.9 Å². The molecule has 1 atom stereocenters. The third-order valence-electron chi connectivity index (χ3n) is 6.86. The number of likely N-dealkylation sites (N-methyl/N-ethyl adjacent to an activating group) is 1. The summed E-state index contributed by atoms with van der Waals surface area (Å²) in [7, 11) is 0. The van der Waals surface area contributed by atoms with Crippen LogP contribution in [0.4, 0.5) is 27.9 Å². The van der Waals surface area contributed by atoms with Crippen LogP contribution in [0.25, 0.3) is 0 Å². The minimum atomic E-state index is -0.423. The van der Waals surface area contributed by atoms with Crippen LogP contribution in [0.2, 0.25) is 0 Å². The molecule has 4 rings (SSSR count). The maximum Gasteiger partial charge on any atom is 0.233 e. The van der Waals surface area contributed by atoms with Crippen molar-refractivity contribution < 1.29 is 9.13 Å². The number of likely N-dealkylation sites (tertiary alicyclic amines) is 1. The van der Waals surface area contributed by atoms with E-state index in [0.29, 0.717) is 35.5 Å². The Morgan fingerprint density at radius 2 is 1.69 bits per heavy atom. The molecule has 2 fully saturated rings. The molecule has 2 aliphatic rings. The monoisotopic (exact) mass is 485 g/mol. The smallest absolute Gasteiger partial charge is 0.233 e. The van der Waals surface area contributed by atoms with Gasteiger partial charge in [-0.3, -0.25) is 4.90 Å². The van der Waals surface area contributed by atoms with E-state index in [4.69, 9.17) is 4.74 Å². The molecule has 0 radical (unpaired) electrons. The Bertz CT molecular complexity index is 951. The highest BCUT2D eigenvalue weighted by Gasteiger charge is 2.23. The van der Waals surface area contributed by atoms with Crippen LogP contribution in [0, 0.1) is 11.7 Å². The fourth-order valence-corrected chi connectivity index (χ4v) is 5.03. The van der Waals surface area contributed by atoms with E-state index in [9.17, 15) is 4.39 Å². The minimum Gasteiger partial charge on any atom is -0.488 e. The van der Waals surface area contributed by atoms with Crippen LogP contribution in [0.3, 0.4) is 0 Å². The van der Waals surface area contributed by atoms with Gasteiger partial charge in [0.05, 0.1) is 6.10 Å². The van der Waals surface area contributed by atoms with Crippen LogP contribution in [0.1, 0.15) is 65.7 Å². The predicted octanol–water partition coefficient (Wildman–Crippen LogP) is 5.43. The van der Waals surface area contributed by atoms with E-state index in [1.54, 1.807) is 12.1 Å². The van der Waals surface area contributed by atoms with Gasteiger partial charge in [0.1, 0.15) is 0 Å². The first kappa shape index (κ1) is 25.4. The average Bonchev–Trinajstić information content (AvgIpc) is 3.31. The van der Waals surface area contributed by atoms with E-state index in [1.165, 1.54) is 51.0 Å². The van der Waals surface area contributed by atoms with Crippen molar-refractivity contribution >= 4 is 23.5 Å². The second kappa shape index (κ2) is 12.3. The zero-order valence-corrected chi connectivity index (χ0v) is 21.3. The van der Waals surface area contributed by atoms with Crippen LogP contribution in [-0.4, -0.2) is 58.2 Å². The van der Waals surface area contributed by atoms with Crippen LogP contribution in [0.5, 0.6) is 5.75 Å². The molecule has 1 saturated heterocycles. The number of ether oxygens (including phenoxy) is 1. The van der Waals surface area contributed by atoms with E-state index in [-0.39, 0.29) is 11.9 Å². The van der Waals surface area contributed by atoms with Gasteiger partial charge in [0, 0.05) is 30.9 Å². The Balaban J connectivity index is 1.47. The first-order chi connectivity index (χ1) is 17.0. The number of anilines is 4. The van der Waals surface area contributed by atoms with Crippen molar-refractivity contribution in [2.75, 3.05) is 42.1 Å². The topological polar surface area (TPSA) is 87.2 Å². The number of aromatic nitrogens is 3. The number of nitrogens with zero attached hydrogens (tertiary/aromatic N) is 4. The van der Waals surface area contributed by atoms with E-state index in [2.05, 4.69) is 42.7 Å². The SMILES string of the molecule is CCN1CCCC1CNc1nc(NCC2CCCCC2)nc(Nc2ccc(OC(C)C)c(F)c2)n1. The normalized spacial score (nSPS) is 19.2. The highest BCUT2D eigenvalue weighted by molar-refractivity contribution is 5.57. The molecule has 3 N–H and O–H groups in total. The van der Waals surface area contributed by atoms with Gasteiger partial charge in [-0.15, -0.1) is 0 Å². The zero-order valence-electron chi connectivity index (χ0n) is 21.3. The van der Waals surface area contributed by atoms with Crippen molar-refractivity contribution in [1.29, 1.82) is 0 Å². The summed E-state index contributed by atoms with van der Waals surface area (Å²) in [6.45, 7) is 9.78. The molecular formula is C26H40FN7O. The summed E-state index contributed by atoms with van der Waals surface area (Å²) in [6, 6.07) is 5.28. The van der Waals surface area contributed by atoms with Gasteiger partial charge in [-0.05, 0) is 70.7 Å². The predicted molar refractivity (Wildman–Crippen MR) is 139 cm³/mol. The quantitative estimate of drug-likeness (QED) is 0.388. The lowest BCUT2D eigenvalue weighted by Gasteiger charge is -2.23. The molecule has 1 aliphatic heterocycles. The summed E-state index contributed by atoms with van der Waals surface area (Å²) in [5.41, 5.74) is 0.557. The second-order valence-corrected chi connectivity index (χ2v) is 9.93. The molecule has 192 valence electrons. The molecule has 8 nitrogen and oxygen atoms in total. The lowest BCUT2D eigenvalue weighted by Crippen LogP contribution is -2.35. The minimum absolute atomic E-state index is 0.0956. The number of hydrogen-bond acceptors (Lipinski definition) is 8. The molecule has 2 aromatic rings. The number of rotatable bonds is 11. The second-order valence-electron chi connectivity index (χ2n) is 9.93. The first-order valence-electron chi connectivity index (χ1n) is 13.2. The molecule has 0 spiro atoms. The Kier molecular flexibility index (Phi) is 8.95. The van der Waals surface area contributed by atoms with Gasteiger partial charge in [0.2, 0.25) is 17.8 Å². The largest absolute Gasteiger partial charge is 0.488 e. The Morgan fingerprint density at radius 3 is 2.37 bits per heavy atom. The maximum atomic E-state index is 14.5. The summed E-state index contributed by atoms with van der Waals surface area (Å²) >= 11 is 0. The summed E-state index contributed by atoms with van der Waals surface area (Å²) < 4.78 is 20.0. The molecule has 9 heteroatoms. The molecule has 1 aliphatic carbocycles. The highest BCUT2D eigenvalue weighted by Crippen LogP contribution is 2.26. The van der Waals surface area contributed by atoms with E-state index >= 15 is 0 Å². The fourth-order valence-electron chi connectivity index (χ4n) is 5.03. The highest BCUT2D eigenvalue weighted by atomic mass is 19.1. The fraction of sp³-hybridized carbons (Fsp3) is 0.654. The maximum absolute atomic E-state index is 14.5. The van der Waals surface area contributed by atoms with E-state index in [0.717, 1.165) is 26.2 Å². The zero-order chi connectivity index (χ0) is 24.6. The van der Waals surface area contributed by atoms with Crippen LogP contribution >= 0.6 is 0 Å². The standard InChI is InChI=1S/C26H40FN7O/c1-4-34-14-8-11-21(34)17-29-25-31-24(28-16-19-9-6-5-7-10-19)32-26(33-25)30-20-12-13-23(22(27)15-20)35-18(2)3/h12-13,15,18-19,21H,4-11,14,16-17H2,1-3H3,(H3,28,29,30,31,32,33). The Morgan fingerprint density at radius 1 is 0.971 bits per heavy atom. The summed E-state index contributed by atoms with van der Waals surface area (Å²) in [4.78, 5) is 16.3. The van der Waals surface area contributed by atoms with Gasteiger partial charge in [0.25, 0.3) is 0 Å². The van der Waals surface area contributed by atoms with Gasteiger partial charge in [0.15, 0.2) is 11.6 Å². The molecule has 1 saturated carbocycles. The number of nitrogens with one attached hydrogen (secondary N) is 3. The van der Waals surface area contributed by atoms with E-state index < -0.39 is 5.82 Å². The molecule has 0 amide bonds. The third kappa shape index (κ3) is 7.40. The lowest BCUT2D eigenvalue weighted by atomic mass is 9.89. The van der Waals surface area contributed by atoms with Crippen molar-refractivity contribution in [3.8, 4) is 5.75 Å². The van der Waals surface area contributed by atoms with Gasteiger partial charge in [-0.1, -0.05) is 26.2 Å². The van der Waals surface area contributed by atoms with Crippen LogP contribution < -0.4 is 20.7 Å². The van der Waals surface area contributed by atoms with Crippen LogP contribution in [0.15, 0.2) is 18.2 Å². The Hall–Kier alpha value is -2.68. The molecular weight excluding hydrogens is 445 g/mol. The van der Waals surface area contributed by atoms with Crippen molar-refractivity contribution in [3.05, 3.63) is 24.0 Å². The van der Waals surface area contributed by atoms with Crippen molar-refractivity contribution in [3.63, 3.8) is 0 Å². The summed E-state index contributed by atoms with van der Waals surface area (Å²) in [5, 5.41) is 9.99. The summed E-state index contributed by atoms with van der Waals surface area (Å²) in [6.07, 6.45) is 8.70. The van der Waals surface area contributed by atoms with Gasteiger partial charge in [-0.25, -0.2) is 4.39 Å². The molecule has 2 heterocycles. The first-order valence-corrected chi connectivity index (χ1v) is 13.2. The number of benzene rings is 1. The van der Waals surface area contributed by atoms with Crippen molar-refractivity contribution in [2.45, 2.75) is 77.9 Å². The Labute approximate surface area is 208 Å². The van der Waals surface area contributed by atoms with Gasteiger partial charge >= 0.3 is 0 Å². The average molecular weight is 486 g/mol. The number of halogens is 1. The lowest BCUT2D eigenvalue weighted by molar-refractivity contribution is 0.231. The number of hydrogen-bond donors (Lipinski definition) is 3. The molecule has 1 aromatic heterocycles. The molecule has 1 aromatic carbocycles. The third-order valence-corrected chi connectivity index (χ3v) is 6.86.